The molecule has 14 heteroatoms. The molecule has 3 aromatic heterocycles. The molecule has 0 aliphatic rings. The molecule has 0 aliphatic carbocycles. The van der Waals surface area contributed by atoms with E-state index in [2.05, 4.69) is 20.2 Å². The first-order valence-corrected chi connectivity index (χ1v) is 12.3. The summed E-state index contributed by atoms with van der Waals surface area (Å²) in [5.41, 5.74) is 0.476. The van der Waals surface area contributed by atoms with E-state index in [0.29, 0.717) is 28.4 Å². The van der Waals surface area contributed by atoms with Gasteiger partial charge in [0.1, 0.15) is 18.7 Å². The summed E-state index contributed by atoms with van der Waals surface area (Å²) in [4.78, 5) is 34.0. The van der Waals surface area contributed by atoms with Gasteiger partial charge in [0.05, 0.1) is 24.3 Å². The van der Waals surface area contributed by atoms with Crippen LogP contribution in [0.4, 0.5) is 13.2 Å². The fraction of sp³-hybridized carbons (Fsp3) is 0.360. The van der Waals surface area contributed by atoms with Crippen LogP contribution in [0.15, 0.2) is 53.7 Å². The Hall–Kier alpha value is -3.84. The molecule has 3 heterocycles. The summed E-state index contributed by atoms with van der Waals surface area (Å²) in [5.74, 6) is 0.288. The van der Waals surface area contributed by atoms with Gasteiger partial charge in [0.25, 0.3) is 0 Å². The normalized spacial score (nSPS) is 12.7. The van der Waals surface area contributed by atoms with E-state index >= 15 is 0 Å². The number of pyridine rings is 1. The van der Waals surface area contributed by atoms with Crippen LogP contribution in [0.1, 0.15) is 31.8 Å². The highest BCUT2D eigenvalue weighted by Gasteiger charge is 2.39. The van der Waals surface area contributed by atoms with Gasteiger partial charge in [0, 0.05) is 23.2 Å². The van der Waals surface area contributed by atoms with Crippen LogP contribution in [0.2, 0.25) is 5.02 Å². The van der Waals surface area contributed by atoms with Crippen LogP contribution in [-0.2, 0) is 24.3 Å². The minimum Gasteiger partial charge on any atom is -0.382 e. The van der Waals surface area contributed by atoms with Crippen LogP contribution >= 0.6 is 11.6 Å². The van der Waals surface area contributed by atoms with Crippen molar-refractivity contribution >= 4 is 17.4 Å². The lowest BCUT2D eigenvalue weighted by Crippen LogP contribution is -2.37. The SMILES string of the molecule is CC(C)CC(=O)Cc1ncccc1-n1cnc(Cn2nc(-c3ccc(Cl)cc3)n(C[C@H](O)C(F)(F)F)c2=O)n1. The molecule has 1 atom stereocenters. The summed E-state index contributed by atoms with van der Waals surface area (Å²) < 4.78 is 42.3. The van der Waals surface area contributed by atoms with Crippen molar-refractivity contribution in [3.8, 4) is 17.1 Å². The first kappa shape index (κ1) is 28.2. The Morgan fingerprint density at radius 2 is 1.82 bits per heavy atom. The molecule has 0 radical (unpaired) electrons. The van der Waals surface area contributed by atoms with E-state index in [1.807, 2.05) is 13.8 Å². The molecule has 0 aliphatic heterocycles. The van der Waals surface area contributed by atoms with Gasteiger partial charge in [-0.05, 0) is 42.3 Å². The van der Waals surface area contributed by atoms with Crippen LogP contribution < -0.4 is 5.69 Å². The van der Waals surface area contributed by atoms with Gasteiger partial charge in [0.2, 0.25) is 0 Å². The minimum absolute atomic E-state index is 0.0261. The van der Waals surface area contributed by atoms with Crippen LogP contribution in [0.3, 0.4) is 0 Å². The topological polar surface area (TPSA) is 121 Å². The third kappa shape index (κ3) is 6.79. The molecule has 0 saturated heterocycles. The molecule has 39 heavy (non-hydrogen) atoms. The molecule has 0 amide bonds. The molecule has 4 aromatic rings. The maximum atomic E-state index is 13.1. The molecule has 10 nitrogen and oxygen atoms in total. The highest BCUT2D eigenvalue weighted by molar-refractivity contribution is 6.30. The molecular weight excluding hydrogens is 539 g/mol. The van der Waals surface area contributed by atoms with E-state index < -0.39 is 24.5 Å². The Bertz CT molecular complexity index is 1510. The van der Waals surface area contributed by atoms with Crippen molar-refractivity contribution in [1.29, 1.82) is 0 Å². The molecule has 4 rings (SSSR count). The lowest BCUT2D eigenvalue weighted by molar-refractivity contribution is -0.207. The summed E-state index contributed by atoms with van der Waals surface area (Å²) in [6, 6.07) is 9.42. The largest absolute Gasteiger partial charge is 0.416 e. The number of aromatic nitrogens is 7. The van der Waals surface area contributed by atoms with Crippen molar-refractivity contribution < 1.29 is 23.1 Å². The number of hydrogen-bond acceptors (Lipinski definition) is 7. The first-order valence-electron chi connectivity index (χ1n) is 12.0. The van der Waals surface area contributed by atoms with Gasteiger partial charge in [-0.1, -0.05) is 25.4 Å². The van der Waals surface area contributed by atoms with Gasteiger partial charge in [-0.15, -0.1) is 10.2 Å². The summed E-state index contributed by atoms with van der Waals surface area (Å²) in [7, 11) is 0. The van der Waals surface area contributed by atoms with Gasteiger partial charge in [-0.3, -0.25) is 14.3 Å². The van der Waals surface area contributed by atoms with Crippen molar-refractivity contribution in [2.75, 3.05) is 0 Å². The zero-order chi connectivity index (χ0) is 28.3. The van der Waals surface area contributed by atoms with Crippen molar-refractivity contribution in [3.63, 3.8) is 0 Å². The Morgan fingerprint density at radius 1 is 1.10 bits per heavy atom. The van der Waals surface area contributed by atoms with Crippen molar-refractivity contribution in [2.24, 2.45) is 5.92 Å². The van der Waals surface area contributed by atoms with Crippen molar-refractivity contribution in [3.05, 3.63) is 75.9 Å². The van der Waals surface area contributed by atoms with Crippen molar-refractivity contribution in [1.82, 2.24) is 34.1 Å². The third-order valence-corrected chi connectivity index (χ3v) is 5.95. The Balaban J connectivity index is 1.65. The predicted molar refractivity (Wildman–Crippen MR) is 135 cm³/mol. The summed E-state index contributed by atoms with van der Waals surface area (Å²) in [6.07, 6.45) is -4.24. The maximum absolute atomic E-state index is 13.1. The zero-order valence-electron chi connectivity index (χ0n) is 21.0. The number of alkyl halides is 3. The average Bonchev–Trinajstić information content (AvgIpc) is 3.44. The fourth-order valence-corrected chi connectivity index (χ4v) is 4.03. The molecule has 0 unspecified atom stereocenters. The van der Waals surface area contributed by atoms with E-state index in [4.69, 9.17) is 11.6 Å². The van der Waals surface area contributed by atoms with Gasteiger partial charge >= 0.3 is 11.9 Å². The predicted octanol–water partition coefficient (Wildman–Crippen LogP) is 3.47. The van der Waals surface area contributed by atoms with Crippen molar-refractivity contribution in [2.45, 2.75) is 52.1 Å². The zero-order valence-corrected chi connectivity index (χ0v) is 21.8. The molecule has 0 fully saturated rings. The van der Waals surface area contributed by atoms with Crippen LogP contribution in [0.5, 0.6) is 0 Å². The number of halogens is 4. The van der Waals surface area contributed by atoms with E-state index in [1.54, 1.807) is 18.3 Å². The lowest BCUT2D eigenvalue weighted by atomic mass is 10.0. The number of benzene rings is 1. The number of ketones is 1. The fourth-order valence-electron chi connectivity index (χ4n) is 3.91. The second kappa shape index (κ2) is 11.5. The number of hydrogen-bond donors (Lipinski definition) is 1. The minimum atomic E-state index is -4.93. The molecular formula is C25H25ClF3N7O3. The number of aliphatic hydroxyl groups is 1. The number of nitrogens with zero attached hydrogens (tertiary/aromatic N) is 7. The van der Waals surface area contributed by atoms with Crippen LogP contribution in [-0.4, -0.2) is 57.3 Å². The monoisotopic (exact) mass is 563 g/mol. The number of carbonyl (C=O) groups is 1. The Morgan fingerprint density at radius 3 is 2.49 bits per heavy atom. The Labute approximate surface area is 225 Å². The first-order chi connectivity index (χ1) is 18.4. The van der Waals surface area contributed by atoms with E-state index in [0.717, 1.165) is 9.25 Å². The second-order valence-corrected chi connectivity index (χ2v) is 9.76. The van der Waals surface area contributed by atoms with E-state index in [1.165, 1.54) is 35.3 Å². The molecule has 0 bridgehead atoms. The summed E-state index contributed by atoms with van der Waals surface area (Å²) in [5, 5.41) is 18.6. The molecule has 206 valence electrons. The highest BCUT2D eigenvalue weighted by atomic mass is 35.5. The van der Waals surface area contributed by atoms with Gasteiger partial charge in [-0.2, -0.15) is 13.2 Å². The van der Waals surface area contributed by atoms with E-state index in [9.17, 15) is 27.9 Å². The van der Waals surface area contributed by atoms with Crippen LogP contribution in [0, 0.1) is 5.92 Å². The second-order valence-electron chi connectivity index (χ2n) is 9.33. The van der Waals surface area contributed by atoms with Gasteiger partial charge in [-0.25, -0.2) is 19.1 Å². The number of aliphatic hydroxyl groups excluding tert-OH is 1. The molecule has 1 aromatic carbocycles. The molecule has 0 spiro atoms. The number of carbonyl (C=O) groups excluding carboxylic acids is 1. The smallest absolute Gasteiger partial charge is 0.382 e. The Kier molecular flexibility index (Phi) is 8.31. The standard InChI is InChI=1S/C25H25ClF3N7O3/c1-15(2)10-18(37)11-19-20(4-3-9-30-19)36-14-31-22(32-36)13-35-24(39)34(12-21(38)25(27,28)29)23(33-35)16-5-7-17(26)8-6-16/h3-9,14-15,21,38H,10-13H2,1-2H3/t21-/m0/s1. The summed E-state index contributed by atoms with van der Waals surface area (Å²) >= 11 is 5.92. The van der Waals surface area contributed by atoms with Gasteiger partial charge < -0.3 is 5.11 Å². The number of rotatable bonds is 10. The van der Waals surface area contributed by atoms with E-state index in [-0.39, 0.29) is 36.3 Å². The third-order valence-electron chi connectivity index (χ3n) is 5.70. The maximum Gasteiger partial charge on any atom is 0.416 e. The molecule has 0 saturated carbocycles. The lowest BCUT2D eigenvalue weighted by Gasteiger charge is -2.15. The van der Waals surface area contributed by atoms with Crippen LogP contribution in [0.25, 0.3) is 17.1 Å². The summed E-state index contributed by atoms with van der Waals surface area (Å²) in [6.45, 7) is 2.59. The highest BCUT2D eigenvalue weighted by Crippen LogP contribution is 2.24. The number of Topliss-reactive ketones (excluding diaryl/α,β-unsaturated/α-hetero) is 1. The quantitative estimate of drug-likeness (QED) is 0.314. The average molecular weight is 564 g/mol. The van der Waals surface area contributed by atoms with Gasteiger partial charge in [0.15, 0.2) is 17.8 Å². The molecule has 1 N–H and O–H groups in total.